The maximum atomic E-state index is 12.1. The predicted molar refractivity (Wildman–Crippen MR) is 27.5 cm³/mol. The summed E-state index contributed by atoms with van der Waals surface area (Å²) in [5.41, 5.74) is 0. The van der Waals surface area contributed by atoms with Crippen LogP contribution in [-0.2, 0) is 0 Å². The molecular formula is C3F9NS. The van der Waals surface area contributed by atoms with E-state index in [1.165, 1.54) is 0 Å². The van der Waals surface area contributed by atoms with Crippen molar-refractivity contribution >= 4 is 10.4 Å². The van der Waals surface area contributed by atoms with E-state index >= 15 is 0 Å². The Morgan fingerprint density at radius 1 is 0.714 bits per heavy atom. The van der Waals surface area contributed by atoms with Crippen molar-refractivity contribution in [2.24, 2.45) is 0 Å². The first-order valence-corrected chi connectivity index (χ1v) is 3.91. The highest BCUT2D eigenvalue weighted by Crippen LogP contribution is 2.64. The largest absolute Gasteiger partial charge is 0.448 e. The molecule has 0 saturated heterocycles. The summed E-state index contributed by atoms with van der Waals surface area (Å²) in [6.07, 6.45) is -13.9. The molecule has 0 amide bonds. The average molecular weight is 253 g/mol. The van der Waals surface area contributed by atoms with Crippen molar-refractivity contribution in [3.8, 4) is 0 Å². The Morgan fingerprint density at radius 3 is 0.929 bits per heavy atom. The lowest BCUT2D eigenvalue weighted by Crippen LogP contribution is -2.52. The monoisotopic (exact) mass is 253 g/mol. The molecule has 0 fully saturated rings. The third-order valence-electron chi connectivity index (χ3n) is 1.07. The summed E-state index contributed by atoms with van der Waals surface area (Å²) in [5.74, 6) is 0. The zero-order chi connectivity index (χ0) is 12.0. The summed E-state index contributed by atoms with van der Waals surface area (Å²) in [7, 11) is -7.50. The Hall–Kier alpha value is -0.570. The summed E-state index contributed by atoms with van der Waals surface area (Å²) in [4.78, 5) is 0. The van der Waals surface area contributed by atoms with Gasteiger partial charge >= 0.3 is 17.4 Å². The molecule has 0 atom stereocenters. The van der Waals surface area contributed by atoms with Gasteiger partial charge in [-0.2, -0.15) is 31.0 Å². The molecule has 0 N–H and O–H groups in total. The van der Waals surface area contributed by atoms with Gasteiger partial charge in [0, 0.05) is 0 Å². The number of rotatable bonds is 0. The molecule has 0 aliphatic carbocycles. The maximum absolute atomic E-state index is 12.1. The third-order valence-corrected chi connectivity index (χ3v) is 2.21. The fraction of sp³-hybridized carbons (Fsp3) is 1.00. The van der Waals surface area contributed by atoms with Crippen LogP contribution < -0.4 is 0 Å². The van der Waals surface area contributed by atoms with E-state index in [-0.39, 0.29) is 0 Å². The molecule has 0 radical (unpaired) electrons. The Kier molecular flexibility index (Phi) is 2.84. The lowest BCUT2D eigenvalue weighted by molar-refractivity contribution is -0.306. The minimum Gasteiger partial charge on any atom is -0.204 e. The van der Waals surface area contributed by atoms with Gasteiger partial charge in [0.15, 0.2) is 0 Å². The minimum atomic E-state index is -7.50. The van der Waals surface area contributed by atoms with Gasteiger partial charge < -0.3 is 0 Å². The van der Waals surface area contributed by atoms with Crippen molar-refractivity contribution in [1.29, 1.82) is 4.61 Å². The van der Waals surface area contributed by atoms with Crippen LogP contribution >= 0.6 is 10.4 Å². The smallest absolute Gasteiger partial charge is 0.204 e. The van der Waals surface area contributed by atoms with Crippen molar-refractivity contribution in [2.75, 3.05) is 0 Å². The van der Waals surface area contributed by atoms with Crippen LogP contribution in [0.3, 0.4) is 0 Å². The van der Waals surface area contributed by atoms with Gasteiger partial charge in [0.2, 0.25) is 0 Å². The van der Waals surface area contributed by atoms with Crippen LogP contribution in [0.4, 0.5) is 38.5 Å². The highest BCUT2D eigenvalue weighted by atomic mass is 32.3. The first-order valence-electron chi connectivity index (χ1n) is 2.52. The molecule has 0 bridgehead atoms. The van der Waals surface area contributed by atoms with E-state index in [0.29, 0.717) is 0 Å². The average Bonchev–Trinajstić information content (AvgIpc) is 1.77. The topological polar surface area (TPSA) is 23.8 Å². The maximum Gasteiger partial charge on any atom is 0.448 e. The predicted octanol–water partition coefficient (Wildman–Crippen LogP) is 3.83. The molecule has 0 aromatic heterocycles. The van der Waals surface area contributed by atoms with Crippen LogP contribution in [0.5, 0.6) is 0 Å². The molecule has 0 aliphatic heterocycles. The first kappa shape index (κ1) is 13.4. The van der Waals surface area contributed by atoms with E-state index in [1.54, 1.807) is 0 Å². The van der Waals surface area contributed by atoms with Gasteiger partial charge in [-0.1, -0.05) is 0 Å². The second-order valence-electron chi connectivity index (χ2n) is 2.03. The number of nitrogens with zero attached hydrogens (tertiary/aromatic N) is 1. The normalized spacial score (nSPS) is 15.7. The number of hydrogen-bond acceptors (Lipinski definition) is 1. The van der Waals surface area contributed by atoms with Crippen molar-refractivity contribution < 1.29 is 38.5 Å². The van der Waals surface area contributed by atoms with Gasteiger partial charge in [-0.25, -0.2) is 4.39 Å². The van der Waals surface area contributed by atoms with Gasteiger partial charge in [-0.15, -0.1) is 7.77 Å². The zero-order valence-corrected chi connectivity index (χ0v) is 6.57. The first-order chi connectivity index (χ1) is 5.75. The van der Waals surface area contributed by atoms with Crippen molar-refractivity contribution in [3.63, 3.8) is 0 Å². The number of hydrogen-bond donors (Lipinski definition) is 0. The van der Waals surface area contributed by atoms with Crippen LogP contribution in [0.1, 0.15) is 0 Å². The summed E-state index contributed by atoms with van der Waals surface area (Å²) in [6, 6.07) is 0. The molecule has 0 aliphatic rings. The van der Waals surface area contributed by atoms with E-state index in [4.69, 9.17) is 4.61 Å². The van der Waals surface area contributed by atoms with E-state index < -0.39 is 27.8 Å². The SMILES string of the molecule is N#S(F)(F)C(F)(C(F)(F)F)C(F)(F)F. The number of halogens is 9. The fourth-order valence-corrected chi connectivity index (χ4v) is 0.996. The fourth-order valence-electron chi connectivity index (χ4n) is 0.439. The molecule has 0 rings (SSSR count). The minimum absolute atomic E-state index is 6.88. The highest BCUT2D eigenvalue weighted by Gasteiger charge is 2.81. The second kappa shape index (κ2) is 2.96. The molecule has 0 aromatic rings. The third kappa shape index (κ3) is 1.78. The van der Waals surface area contributed by atoms with E-state index in [1.807, 2.05) is 0 Å². The second-order valence-corrected chi connectivity index (χ2v) is 3.48. The molecule has 14 heavy (non-hydrogen) atoms. The summed E-state index contributed by atoms with van der Waals surface area (Å²) in [5, 5.41) is -6.88. The van der Waals surface area contributed by atoms with Crippen molar-refractivity contribution in [3.05, 3.63) is 0 Å². The van der Waals surface area contributed by atoms with Crippen LogP contribution in [0, 0.1) is 4.61 Å². The Bertz CT molecular complexity index is 291. The molecule has 86 valence electrons. The Labute approximate surface area is 72.0 Å². The van der Waals surface area contributed by atoms with Crippen LogP contribution in [0.2, 0.25) is 0 Å². The van der Waals surface area contributed by atoms with Gasteiger partial charge in [0.05, 0.1) is 0 Å². The summed E-state index contributed by atoms with van der Waals surface area (Å²) in [6.45, 7) is 0. The van der Waals surface area contributed by atoms with Crippen molar-refractivity contribution in [1.82, 2.24) is 0 Å². The van der Waals surface area contributed by atoms with E-state index in [0.717, 1.165) is 0 Å². The molecule has 0 unspecified atom stereocenters. The molecule has 1 nitrogen and oxygen atoms in total. The van der Waals surface area contributed by atoms with Crippen LogP contribution in [0.25, 0.3) is 0 Å². The molecular weight excluding hydrogens is 253 g/mol. The Balaban J connectivity index is 5.72. The lowest BCUT2D eigenvalue weighted by atomic mass is 10.3. The van der Waals surface area contributed by atoms with Gasteiger partial charge in [0.1, 0.15) is 0 Å². The van der Waals surface area contributed by atoms with Crippen molar-refractivity contribution in [2.45, 2.75) is 17.4 Å². The summed E-state index contributed by atoms with van der Waals surface area (Å²) < 4.78 is 111. The van der Waals surface area contributed by atoms with E-state index in [9.17, 15) is 38.5 Å². The number of alkyl halides is 7. The highest BCUT2D eigenvalue weighted by molar-refractivity contribution is 8.13. The molecule has 0 spiro atoms. The van der Waals surface area contributed by atoms with Gasteiger partial charge in [0.25, 0.3) is 10.4 Å². The quantitative estimate of drug-likeness (QED) is 0.602. The van der Waals surface area contributed by atoms with Gasteiger partial charge in [-0.3, -0.25) is 0 Å². The van der Waals surface area contributed by atoms with E-state index in [2.05, 4.69) is 0 Å². The lowest BCUT2D eigenvalue weighted by Gasteiger charge is -2.28. The Morgan fingerprint density at radius 2 is 0.929 bits per heavy atom. The molecule has 11 heteroatoms. The zero-order valence-electron chi connectivity index (χ0n) is 5.76. The van der Waals surface area contributed by atoms with Gasteiger partial charge in [-0.05, 0) is 0 Å². The molecule has 0 heterocycles. The molecule has 0 saturated carbocycles. The standard InChI is InChI=1S/C3F9NS/c4-1(2(5,6)7,3(8,9)10)14(11,12)13. The summed E-state index contributed by atoms with van der Waals surface area (Å²) >= 11 is 0. The molecule has 0 aromatic carbocycles. The van der Waals surface area contributed by atoms with Crippen LogP contribution in [0.15, 0.2) is 0 Å². The van der Waals surface area contributed by atoms with Crippen LogP contribution in [-0.4, -0.2) is 17.4 Å².